The SMILES string of the molecule is CCOc1cc([C@H]2C3=CC[C@@H]4C(=O)N(O)C(=O)[C@@H]4[C@@H]3C[C@H]3C(=O)N(c4cccc(Cl)c4)C(=O)[C@@]23c2ccccc2)ccc1O. The van der Waals surface area contributed by atoms with E-state index in [-0.39, 0.29) is 36.0 Å². The van der Waals surface area contributed by atoms with E-state index in [4.69, 9.17) is 16.3 Å². The quantitative estimate of drug-likeness (QED) is 0.236. The van der Waals surface area contributed by atoms with Gasteiger partial charge in [-0.3, -0.25) is 24.4 Å². The van der Waals surface area contributed by atoms with Crippen LogP contribution in [0.2, 0.25) is 5.02 Å². The number of phenolic OH excluding ortho intramolecular Hbond substituents is 1. The van der Waals surface area contributed by atoms with E-state index in [1.807, 2.05) is 36.4 Å². The third-order valence-electron chi connectivity index (χ3n) is 9.76. The van der Waals surface area contributed by atoms with Gasteiger partial charge in [0.1, 0.15) is 0 Å². The molecule has 2 aliphatic heterocycles. The van der Waals surface area contributed by atoms with Crippen LogP contribution in [0.3, 0.4) is 0 Å². The third kappa shape index (κ3) is 3.82. The van der Waals surface area contributed by atoms with Crippen LogP contribution in [0.5, 0.6) is 11.5 Å². The predicted molar refractivity (Wildman–Crippen MR) is 159 cm³/mol. The Morgan fingerprint density at radius 3 is 2.43 bits per heavy atom. The van der Waals surface area contributed by atoms with Gasteiger partial charge in [-0.25, -0.2) is 4.90 Å². The Balaban J connectivity index is 1.52. The van der Waals surface area contributed by atoms with Crippen molar-refractivity contribution in [2.75, 3.05) is 11.5 Å². The molecule has 3 aromatic carbocycles. The predicted octanol–water partition coefficient (Wildman–Crippen LogP) is 5.00. The summed E-state index contributed by atoms with van der Waals surface area (Å²) in [5.41, 5.74) is 0.871. The molecule has 3 fully saturated rings. The first kappa shape index (κ1) is 28.3. The number of hydrogen-bond donors (Lipinski definition) is 2. The van der Waals surface area contributed by atoms with Gasteiger partial charge in [0.2, 0.25) is 11.8 Å². The minimum absolute atomic E-state index is 0.0761. The molecule has 9 nitrogen and oxygen atoms in total. The first-order valence-electron chi connectivity index (χ1n) is 14.6. The molecule has 44 heavy (non-hydrogen) atoms. The van der Waals surface area contributed by atoms with Crippen LogP contribution in [0.25, 0.3) is 0 Å². The molecule has 0 spiro atoms. The molecule has 224 valence electrons. The topological polar surface area (TPSA) is 124 Å². The van der Waals surface area contributed by atoms with Gasteiger partial charge in [-0.2, -0.15) is 5.06 Å². The number of carbonyl (C=O) groups is 4. The van der Waals surface area contributed by atoms with Crippen molar-refractivity contribution in [2.45, 2.75) is 31.1 Å². The Morgan fingerprint density at radius 2 is 1.70 bits per heavy atom. The van der Waals surface area contributed by atoms with Gasteiger partial charge in [0.05, 0.1) is 35.5 Å². The maximum absolute atomic E-state index is 15.1. The highest BCUT2D eigenvalue weighted by atomic mass is 35.5. The van der Waals surface area contributed by atoms with Crippen molar-refractivity contribution in [1.29, 1.82) is 0 Å². The lowest BCUT2D eigenvalue weighted by Crippen LogP contribution is -2.53. The van der Waals surface area contributed by atoms with Gasteiger partial charge >= 0.3 is 0 Å². The lowest BCUT2D eigenvalue weighted by atomic mass is 9.49. The number of anilines is 1. The number of hydrogen-bond acceptors (Lipinski definition) is 7. The molecule has 0 radical (unpaired) electrons. The number of ether oxygens (including phenoxy) is 1. The summed E-state index contributed by atoms with van der Waals surface area (Å²) in [7, 11) is 0. The van der Waals surface area contributed by atoms with Crippen LogP contribution in [-0.2, 0) is 24.6 Å². The number of aromatic hydroxyl groups is 1. The average molecular weight is 613 g/mol. The molecule has 2 heterocycles. The van der Waals surface area contributed by atoms with Crippen molar-refractivity contribution in [3.8, 4) is 11.5 Å². The molecule has 7 rings (SSSR count). The molecule has 1 saturated carbocycles. The monoisotopic (exact) mass is 612 g/mol. The van der Waals surface area contributed by atoms with E-state index < -0.39 is 58.6 Å². The van der Waals surface area contributed by atoms with Gasteiger partial charge in [-0.05, 0) is 67.1 Å². The second kappa shape index (κ2) is 10.3. The van der Waals surface area contributed by atoms with Gasteiger partial charge in [-0.15, -0.1) is 0 Å². The Hall–Kier alpha value is -4.47. The molecular formula is C34H29ClN2O7. The van der Waals surface area contributed by atoms with Gasteiger partial charge < -0.3 is 9.84 Å². The van der Waals surface area contributed by atoms with Crippen molar-refractivity contribution in [3.63, 3.8) is 0 Å². The summed E-state index contributed by atoms with van der Waals surface area (Å²) < 4.78 is 5.74. The summed E-state index contributed by atoms with van der Waals surface area (Å²) in [6.45, 7) is 2.07. The molecule has 2 saturated heterocycles. The Morgan fingerprint density at radius 1 is 0.932 bits per heavy atom. The molecule has 4 amide bonds. The van der Waals surface area contributed by atoms with E-state index in [1.165, 1.54) is 11.0 Å². The molecule has 0 aromatic heterocycles. The largest absolute Gasteiger partial charge is 0.504 e. The molecule has 3 aromatic rings. The highest BCUT2D eigenvalue weighted by molar-refractivity contribution is 6.32. The Labute approximate surface area is 258 Å². The van der Waals surface area contributed by atoms with Crippen molar-refractivity contribution >= 4 is 40.9 Å². The zero-order valence-electron chi connectivity index (χ0n) is 23.7. The molecule has 0 unspecified atom stereocenters. The normalized spacial score (nSPS) is 29.3. The lowest BCUT2D eigenvalue weighted by molar-refractivity contribution is -0.173. The summed E-state index contributed by atoms with van der Waals surface area (Å²) in [6, 6.07) is 20.6. The molecule has 2 N–H and O–H groups in total. The van der Waals surface area contributed by atoms with E-state index in [9.17, 15) is 24.7 Å². The number of phenols is 1. The van der Waals surface area contributed by atoms with Crippen LogP contribution in [-0.4, -0.2) is 45.6 Å². The van der Waals surface area contributed by atoms with Crippen molar-refractivity contribution in [1.82, 2.24) is 5.06 Å². The minimum Gasteiger partial charge on any atom is -0.504 e. The third-order valence-corrected chi connectivity index (χ3v) is 10.00. The lowest BCUT2D eigenvalue weighted by Gasteiger charge is -2.50. The summed E-state index contributed by atoms with van der Waals surface area (Å²) in [5, 5.41) is 21.5. The summed E-state index contributed by atoms with van der Waals surface area (Å²) >= 11 is 6.32. The molecular weight excluding hydrogens is 584 g/mol. The zero-order valence-corrected chi connectivity index (χ0v) is 24.5. The highest BCUT2D eigenvalue weighted by Crippen LogP contribution is 2.64. The number of hydroxylamine groups is 2. The molecule has 6 atom stereocenters. The molecule has 2 aliphatic carbocycles. The van der Waals surface area contributed by atoms with Gasteiger partial charge in [0.15, 0.2) is 11.5 Å². The van der Waals surface area contributed by atoms with Gasteiger partial charge in [0, 0.05) is 10.9 Å². The summed E-state index contributed by atoms with van der Waals surface area (Å²) in [4.78, 5) is 57.1. The van der Waals surface area contributed by atoms with E-state index >= 15 is 4.79 Å². The van der Waals surface area contributed by atoms with Crippen molar-refractivity contribution in [2.24, 2.45) is 23.7 Å². The summed E-state index contributed by atoms with van der Waals surface area (Å²) in [5.74, 6) is -6.04. The van der Waals surface area contributed by atoms with Crippen molar-refractivity contribution in [3.05, 3.63) is 101 Å². The average Bonchev–Trinajstić information content (AvgIpc) is 3.39. The van der Waals surface area contributed by atoms with Crippen LogP contribution < -0.4 is 9.64 Å². The molecule has 4 aliphatic rings. The number of imide groups is 2. The number of halogens is 1. The number of nitrogens with zero attached hydrogens (tertiary/aromatic N) is 2. The fraction of sp³-hybridized carbons (Fsp3) is 0.294. The molecule has 10 heteroatoms. The number of benzene rings is 3. The summed E-state index contributed by atoms with van der Waals surface area (Å²) in [6.07, 6.45) is 2.21. The first-order chi connectivity index (χ1) is 21.2. The second-order valence-electron chi connectivity index (χ2n) is 11.7. The van der Waals surface area contributed by atoms with Crippen LogP contribution >= 0.6 is 11.6 Å². The first-order valence-corrected chi connectivity index (χ1v) is 15.0. The zero-order chi connectivity index (χ0) is 30.9. The Bertz CT molecular complexity index is 1760. The van der Waals surface area contributed by atoms with Gasteiger partial charge in [0.25, 0.3) is 11.8 Å². The number of fused-ring (bicyclic) bond motifs is 4. The number of rotatable bonds is 5. The number of allylic oxidation sites excluding steroid dienone is 2. The van der Waals surface area contributed by atoms with E-state index in [2.05, 4.69) is 0 Å². The smallest absolute Gasteiger partial charge is 0.257 e. The van der Waals surface area contributed by atoms with E-state index in [1.54, 1.807) is 43.3 Å². The minimum atomic E-state index is -1.44. The van der Waals surface area contributed by atoms with Crippen LogP contribution in [0.15, 0.2) is 84.4 Å². The van der Waals surface area contributed by atoms with E-state index in [0.717, 1.165) is 5.57 Å². The highest BCUT2D eigenvalue weighted by Gasteiger charge is 2.70. The maximum Gasteiger partial charge on any atom is 0.257 e. The fourth-order valence-corrected chi connectivity index (χ4v) is 8.27. The fourth-order valence-electron chi connectivity index (χ4n) is 8.08. The molecule has 0 bridgehead atoms. The number of carbonyl (C=O) groups excluding carboxylic acids is 4. The van der Waals surface area contributed by atoms with Gasteiger partial charge in [-0.1, -0.05) is 65.7 Å². The standard InChI is InChI=1S/C34H29ClN2O7/c1-2-44-27-15-18(11-14-26(27)38)29-22-12-13-23-28(32(41)37(43)30(23)39)24(22)17-25-31(40)36(21-10-6-9-20(35)16-21)33(42)34(25,29)19-7-4-3-5-8-19/h3-12,14-16,23-25,28-29,38,43H,2,13,17H2,1H3/t23-,24+,25-,28-,29-,34+/m0/s1. The van der Waals surface area contributed by atoms with Crippen LogP contribution in [0.4, 0.5) is 5.69 Å². The second-order valence-corrected chi connectivity index (χ2v) is 12.2. The Kier molecular flexibility index (Phi) is 6.64. The van der Waals surface area contributed by atoms with Crippen LogP contribution in [0.1, 0.15) is 36.8 Å². The van der Waals surface area contributed by atoms with Crippen molar-refractivity contribution < 1.29 is 34.2 Å². The number of amides is 4. The van der Waals surface area contributed by atoms with Crippen LogP contribution in [0, 0.1) is 23.7 Å². The van der Waals surface area contributed by atoms with E-state index in [0.29, 0.717) is 21.8 Å². The maximum atomic E-state index is 15.1.